The van der Waals surface area contributed by atoms with Crippen molar-refractivity contribution in [3.05, 3.63) is 33.7 Å². The summed E-state index contributed by atoms with van der Waals surface area (Å²) in [6, 6.07) is 1.70. The Morgan fingerprint density at radius 2 is 2.05 bits per heavy atom. The fourth-order valence-electron chi connectivity index (χ4n) is 2.02. The first kappa shape index (κ1) is 16.2. The van der Waals surface area contributed by atoms with Gasteiger partial charge in [0.05, 0.1) is 17.9 Å². The van der Waals surface area contributed by atoms with Crippen molar-refractivity contribution in [3.8, 4) is 0 Å². The average molecular weight is 322 g/mol. The molecule has 0 spiro atoms. The second-order valence-corrected chi connectivity index (χ2v) is 5.80. The van der Waals surface area contributed by atoms with Crippen LogP contribution in [0.15, 0.2) is 10.5 Å². The normalized spacial score (nSPS) is 10.6. The molecule has 0 N–H and O–H groups in total. The summed E-state index contributed by atoms with van der Waals surface area (Å²) in [5.74, 6) is 0.600. The zero-order valence-corrected chi connectivity index (χ0v) is 14.0. The molecule has 7 heteroatoms. The van der Waals surface area contributed by atoms with Crippen molar-refractivity contribution in [3.63, 3.8) is 0 Å². The van der Waals surface area contributed by atoms with Crippen LogP contribution in [0.4, 0.5) is 5.13 Å². The number of hydrogen-bond donors (Lipinski definition) is 0. The van der Waals surface area contributed by atoms with Gasteiger partial charge < -0.3 is 9.15 Å². The van der Waals surface area contributed by atoms with Gasteiger partial charge in [0.15, 0.2) is 5.13 Å². The minimum Gasteiger partial charge on any atom is -0.466 e. The number of aryl methyl sites for hydroxylation is 3. The standard InChI is InChI=1S/C15H18N2O4S/c1-6-20-14(19)12-9(3)16-15(22-12)17(5)13(18)11-7-8(2)21-10(11)4/h7H,6H2,1-5H3. The molecule has 2 aromatic heterocycles. The van der Waals surface area contributed by atoms with Gasteiger partial charge in [-0.2, -0.15) is 0 Å². The molecule has 0 aromatic carbocycles. The smallest absolute Gasteiger partial charge is 0.350 e. The lowest BCUT2D eigenvalue weighted by Gasteiger charge is -2.12. The van der Waals surface area contributed by atoms with E-state index in [1.807, 2.05) is 0 Å². The van der Waals surface area contributed by atoms with Crippen molar-refractivity contribution in [1.29, 1.82) is 0 Å². The van der Waals surface area contributed by atoms with Crippen molar-refractivity contribution in [2.75, 3.05) is 18.6 Å². The molecule has 118 valence electrons. The molecule has 0 saturated heterocycles. The summed E-state index contributed by atoms with van der Waals surface area (Å²) in [5, 5.41) is 0.448. The van der Waals surface area contributed by atoms with E-state index in [1.165, 1.54) is 4.90 Å². The van der Waals surface area contributed by atoms with Crippen LogP contribution in [-0.2, 0) is 4.74 Å². The van der Waals surface area contributed by atoms with Gasteiger partial charge in [-0.05, 0) is 33.8 Å². The Labute approximate surface area is 132 Å². The number of carbonyl (C=O) groups is 2. The maximum atomic E-state index is 12.5. The largest absolute Gasteiger partial charge is 0.466 e. The maximum Gasteiger partial charge on any atom is 0.350 e. The monoisotopic (exact) mass is 322 g/mol. The number of furan rings is 1. The van der Waals surface area contributed by atoms with Gasteiger partial charge in [-0.25, -0.2) is 9.78 Å². The fraction of sp³-hybridized carbons (Fsp3) is 0.400. The molecule has 0 aliphatic rings. The molecule has 0 unspecified atom stereocenters. The molecule has 0 atom stereocenters. The van der Waals surface area contributed by atoms with E-state index < -0.39 is 5.97 Å². The number of carbonyl (C=O) groups excluding carboxylic acids is 2. The van der Waals surface area contributed by atoms with E-state index in [2.05, 4.69) is 4.98 Å². The third kappa shape index (κ3) is 3.04. The zero-order valence-electron chi connectivity index (χ0n) is 13.2. The minimum absolute atomic E-state index is 0.224. The lowest BCUT2D eigenvalue weighted by atomic mass is 10.2. The summed E-state index contributed by atoms with van der Waals surface area (Å²) in [6.07, 6.45) is 0. The summed E-state index contributed by atoms with van der Waals surface area (Å²) in [4.78, 5) is 30.5. The fourth-order valence-corrected chi connectivity index (χ4v) is 2.94. The first-order chi connectivity index (χ1) is 10.3. The lowest BCUT2D eigenvalue weighted by Crippen LogP contribution is -2.26. The van der Waals surface area contributed by atoms with Gasteiger partial charge in [-0.15, -0.1) is 0 Å². The van der Waals surface area contributed by atoms with Crippen molar-refractivity contribution in [2.45, 2.75) is 27.7 Å². The molecule has 0 radical (unpaired) electrons. The third-order valence-electron chi connectivity index (χ3n) is 3.11. The molecule has 2 heterocycles. The summed E-state index contributed by atoms with van der Waals surface area (Å²) in [5.41, 5.74) is 1.05. The third-order valence-corrected chi connectivity index (χ3v) is 4.32. The van der Waals surface area contributed by atoms with Crippen LogP contribution in [0.3, 0.4) is 0 Å². The number of ether oxygens (including phenoxy) is 1. The van der Waals surface area contributed by atoms with Crippen LogP contribution in [0.1, 0.15) is 44.2 Å². The number of esters is 1. The molecule has 1 amide bonds. The highest BCUT2D eigenvalue weighted by Gasteiger charge is 2.24. The number of rotatable bonds is 4. The van der Waals surface area contributed by atoms with Gasteiger partial charge in [0.2, 0.25) is 0 Å². The van der Waals surface area contributed by atoms with Crippen LogP contribution in [0.5, 0.6) is 0 Å². The Kier molecular flexibility index (Phi) is 4.65. The number of hydrogen-bond acceptors (Lipinski definition) is 6. The first-order valence-electron chi connectivity index (χ1n) is 6.84. The zero-order chi connectivity index (χ0) is 16.4. The maximum absolute atomic E-state index is 12.5. The van der Waals surface area contributed by atoms with Crippen LogP contribution in [0.2, 0.25) is 0 Å². The van der Waals surface area contributed by atoms with Crippen LogP contribution in [0.25, 0.3) is 0 Å². The average Bonchev–Trinajstić information content (AvgIpc) is 3.00. The molecular weight excluding hydrogens is 304 g/mol. The van der Waals surface area contributed by atoms with E-state index >= 15 is 0 Å². The van der Waals surface area contributed by atoms with Gasteiger partial charge in [-0.3, -0.25) is 9.69 Å². The highest BCUT2D eigenvalue weighted by molar-refractivity contribution is 7.17. The predicted octanol–water partition coefficient (Wildman–Crippen LogP) is 3.11. The molecule has 6 nitrogen and oxygen atoms in total. The van der Waals surface area contributed by atoms with Crippen LogP contribution in [0, 0.1) is 20.8 Å². The Balaban J connectivity index is 2.28. The molecular formula is C15H18N2O4S. The van der Waals surface area contributed by atoms with Gasteiger partial charge in [0.1, 0.15) is 16.4 Å². The van der Waals surface area contributed by atoms with Crippen molar-refractivity contribution < 1.29 is 18.7 Å². The van der Waals surface area contributed by atoms with E-state index in [-0.39, 0.29) is 5.91 Å². The quantitative estimate of drug-likeness (QED) is 0.809. The second-order valence-electron chi connectivity index (χ2n) is 4.82. The van der Waals surface area contributed by atoms with Gasteiger partial charge in [-0.1, -0.05) is 11.3 Å². The summed E-state index contributed by atoms with van der Waals surface area (Å²) in [6.45, 7) is 7.29. The molecule has 2 rings (SSSR count). The minimum atomic E-state index is -0.417. The Morgan fingerprint density at radius 3 is 2.59 bits per heavy atom. The number of thiazole rings is 1. The highest BCUT2D eigenvalue weighted by Crippen LogP contribution is 2.28. The second kappa shape index (κ2) is 6.31. The van der Waals surface area contributed by atoms with Crippen LogP contribution < -0.4 is 4.90 Å². The molecule has 0 fully saturated rings. The topological polar surface area (TPSA) is 72.6 Å². The van der Waals surface area contributed by atoms with Crippen molar-refractivity contribution in [2.24, 2.45) is 0 Å². The molecule has 2 aromatic rings. The highest BCUT2D eigenvalue weighted by atomic mass is 32.1. The number of nitrogens with zero attached hydrogens (tertiary/aromatic N) is 2. The summed E-state index contributed by atoms with van der Waals surface area (Å²) >= 11 is 1.14. The Hall–Kier alpha value is -2.15. The van der Waals surface area contributed by atoms with E-state index in [1.54, 1.807) is 40.8 Å². The SMILES string of the molecule is CCOC(=O)c1sc(N(C)C(=O)c2cc(C)oc2C)nc1C. The van der Waals surface area contributed by atoms with Gasteiger partial charge >= 0.3 is 5.97 Å². The van der Waals surface area contributed by atoms with Crippen molar-refractivity contribution in [1.82, 2.24) is 4.98 Å². The number of anilines is 1. The van der Waals surface area contributed by atoms with Gasteiger partial charge in [0.25, 0.3) is 5.91 Å². The summed E-state index contributed by atoms with van der Waals surface area (Å²) in [7, 11) is 1.62. The first-order valence-corrected chi connectivity index (χ1v) is 7.66. The lowest BCUT2D eigenvalue weighted by molar-refractivity contribution is 0.0531. The molecule has 0 aliphatic heterocycles. The number of aromatic nitrogens is 1. The molecule has 0 bridgehead atoms. The van der Waals surface area contributed by atoms with E-state index in [4.69, 9.17) is 9.15 Å². The molecule has 22 heavy (non-hydrogen) atoms. The Bertz CT molecular complexity index is 717. The van der Waals surface area contributed by atoms with Crippen LogP contribution in [-0.4, -0.2) is 30.5 Å². The van der Waals surface area contributed by atoms with E-state index in [9.17, 15) is 9.59 Å². The molecule has 0 aliphatic carbocycles. The predicted molar refractivity (Wildman–Crippen MR) is 83.7 cm³/mol. The number of amides is 1. The van der Waals surface area contributed by atoms with Crippen molar-refractivity contribution >= 4 is 28.3 Å². The summed E-state index contributed by atoms with van der Waals surface area (Å²) < 4.78 is 10.4. The molecule has 0 saturated carbocycles. The van der Waals surface area contributed by atoms with Crippen LogP contribution >= 0.6 is 11.3 Å². The Morgan fingerprint density at radius 1 is 1.36 bits per heavy atom. The van der Waals surface area contributed by atoms with E-state index in [0.717, 1.165) is 11.3 Å². The van der Waals surface area contributed by atoms with Gasteiger partial charge in [0, 0.05) is 7.05 Å². The van der Waals surface area contributed by atoms with E-state index in [0.29, 0.717) is 39.4 Å².